The zero-order valence-electron chi connectivity index (χ0n) is 9.56. The van der Waals surface area contributed by atoms with E-state index >= 15 is 0 Å². The second kappa shape index (κ2) is 4.14. The lowest BCUT2D eigenvalue weighted by Crippen LogP contribution is -2.01. The van der Waals surface area contributed by atoms with Crippen molar-refractivity contribution in [3.63, 3.8) is 0 Å². The number of hydrogen-bond acceptors (Lipinski definition) is 4. The van der Waals surface area contributed by atoms with Crippen LogP contribution in [0, 0.1) is 0 Å². The van der Waals surface area contributed by atoms with Crippen molar-refractivity contribution in [3.8, 4) is 6.01 Å². The van der Waals surface area contributed by atoms with E-state index in [9.17, 15) is 0 Å². The Morgan fingerprint density at radius 2 is 2.12 bits per heavy atom. The minimum Gasteiger partial charge on any atom is -0.466 e. The molecule has 1 aliphatic carbocycles. The van der Waals surface area contributed by atoms with Crippen LogP contribution in [0.3, 0.4) is 0 Å². The van der Waals surface area contributed by atoms with Gasteiger partial charge in [-0.1, -0.05) is 24.4 Å². The second-order valence-corrected chi connectivity index (χ2v) is 4.68. The van der Waals surface area contributed by atoms with Crippen molar-refractivity contribution in [2.75, 3.05) is 7.11 Å². The maximum Gasteiger partial charge on any atom is 0.337 e. The molecule has 0 aliphatic heterocycles. The van der Waals surface area contributed by atoms with Crippen LogP contribution >= 0.6 is 11.6 Å². The number of nitrogens with zero attached hydrogens (tertiary/aromatic N) is 4. The fourth-order valence-corrected chi connectivity index (χ4v) is 2.57. The van der Waals surface area contributed by atoms with E-state index < -0.39 is 0 Å². The van der Waals surface area contributed by atoms with Crippen LogP contribution in [0.25, 0.3) is 5.78 Å². The normalized spacial score (nSPS) is 16.8. The molecule has 2 heterocycles. The summed E-state index contributed by atoms with van der Waals surface area (Å²) in [6.07, 6.45) is 4.91. The van der Waals surface area contributed by atoms with Gasteiger partial charge in [0, 0.05) is 5.92 Å². The quantitative estimate of drug-likeness (QED) is 0.771. The van der Waals surface area contributed by atoms with E-state index in [2.05, 4.69) is 15.1 Å². The summed E-state index contributed by atoms with van der Waals surface area (Å²) in [6, 6.07) is 2.18. The first-order valence-electron chi connectivity index (χ1n) is 5.75. The summed E-state index contributed by atoms with van der Waals surface area (Å²) in [5.41, 5.74) is 1.02. The van der Waals surface area contributed by atoms with Crippen LogP contribution in [0.5, 0.6) is 6.01 Å². The standard InChI is InChI=1S/C11H13ClN4O/c1-17-11-14-10-13-8(7-4-2-3-5-7)6-9(12)16(10)15-11/h6-7H,2-5H2,1H3. The third-order valence-corrected chi connectivity index (χ3v) is 3.49. The predicted molar refractivity (Wildman–Crippen MR) is 63.6 cm³/mol. The summed E-state index contributed by atoms with van der Waals surface area (Å²) in [6.45, 7) is 0. The molecule has 1 aliphatic rings. The maximum atomic E-state index is 6.18. The SMILES string of the molecule is COc1nc2nc(C3CCCC3)cc(Cl)n2n1. The molecular weight excluding hydrogens is 240 g/mol. The molecule has 1 fully saturated rings. The zero-order valence-corrected chi connectivity index (χ0v) is 10.3. The molecule has 1 saturated carbocycles. The van der Waals surface area contributed by atoms with Gasteiger partial charge < -0.3 is 4.74 Å². The molecule has 0 saturated heterocycles. The minimum absolute atomic E-state index is 0.294. The molecule has 0 aromatic carbocycles. The number of methoxy groups -OCH3 is 1. The summed E-state index contributed by atoms with van der Waals surface area (Å²) in [5, 5.41) is 4.62. The molecule has 17 heavy (non-hydrogen) atoms. The molecule has 90 valence electrons. The highest BCUT2D eigenvalue weighted by Crippen LogP contribution is 2.34. The summed E-state index contributed by atoms with van der Waals surface area (Å²) in [4.78, 5) is 8.67. The first-order chi connectivity index (χ1) is 8.28. The Hall–Kier alpha value is -1.36. The van der Waals surface area contributed by atoms with Gasteiger partial charge in [-0.25, -0.2) is 4.98 Å². The molecule has 0 spiro atoms. The average molecular weight is 253 g/mol. The molecule has 0 unspecified atom stereocenters. The molecule has 2 aromatic rings. The van der Waals surface area contributed by atoms with Crippen LogP contribution in [0.15, 0.2) is 6.07 Å². The van der Waals surface area contributed by atoms with Crippen LogP contribution in [-0.4, -0.2) is 26.7 Å². The molecule has 0 N–H and O–H groups in total. The van der Waals surface area contributed by atoms with Gasteiger partial charge in [0.2, 0.25) is 0 Å². The van der Waals surface area contributed by atoms with Gasteiger partial charge in [-0.2, -0.15) is 9.50 Å². The highest BCUT2D eigenvalue weighted by Gasteiger charge is 2.20. The fraction of sp³-hybridized carbons (Fsp3) is 0.545. The van der Waals surface area contributed by atoms with E-state index in [4.69, 9.17) is 16.3 Å². The smallest absolute Gasteiger partial charge is 0.337 e. The van der Waals surface area contributed by atoms with Gasteiger partial charge >= 0.3 is 6.01 Å². The number of fused-ring (bicyclic) bond motifs is 1. The zero-order chi connectivity index (χ0) is 11.8. The van der Waals surface area contributed by atoms with Gasteiger partial charge in [-0.15, -0.1) is 5.10 Å². The molecule has 0 amide bonds. The molecule has 0 bridgehead atoms. The van der Waals surface area contributed by atoms with Crippen molar-refractivity contribution < 1.29 is 4.74 Å². The maximum absolute atomic E-state index is 6.18. The summed E-state index contributed by atoms with van der Waals surface area (Å²) < 4.78 is 6.48. The first kappa shape index (κ1) is 10.8. The van der Waals surface area contributed by atoms with E-state index in [1.54, 1.807) is 0 Å². The van der Waals surface area contributed by atoms with Crippen molar-refractivity contribution in [2.24, 2.45) is 0 Å². The van der Waals surface area contributed by atoms with E-state index in [0.29, 0.717) is 22.9 Å². The van der Waals surface area contributed by atoms with Crippen LogP contribution in [-0.2, 0) is 0 Å². The fourth-order valence-electron chi connectivity index (χ4n) is 2.35. The highest BCUT2D eigenvalue weighted by molar-refractivity contribution is 6.29. The lowest BCUT2D eigenvalue weighted by molar-refractivity contribution is 0.380. The summed E-state index contributed by atoms with van der Waals surface area (Å²) in [5.74, 6) is 1.02. The summed E-state index contributed by atoms with van der Waals surface area (Å²) >= 11 is 6.18. The van der Waals surface area contributed by atoms with Crippen LogP contribution in [0.2, 0.25) is 5.15 Å². The molecule has 3 rings (SSSR count). The number of halogens is 1. The van der Waals surface area contributed by atoms with Gasteiger partial charge in [0.05, 0.1) is 12.8 Å². The van der Waals surface area contributed by atoms with Gasteiger partial charge in [-0.05, 0) is 18.9 Å². The largest absolute Gasteiger partial charge is 0.466 e. The molecule has 0 radical (unpaired) electrons. The molecule has 6 heteroatoms. The van der Waals surface area contributed by atoms with E-state index in [0.717, 1.165) is 5.69 Å². The Morgan fingerprint density at radius 1 is 1.35 bits per heavy atom. The Balaban J connectivity index is 2.09. The third kappa shape index (κ3) is 1.84. The topological polar surface area (TPSA) is 52.3 Å². The number of rotatable bonds is 2. The van der Waals surface area contributed by atoms with Crippen molar-refractivity contribution in [3.05, 3.63) is 16.9 Å². The average Bonchev–Trinajstić information content (AvgIpc) is 2.97. The Kier molecular flexibility index (Phi) is 2.63. The van der Waals surface area contributed by atoms with Crippen LogP contribution < -0.4 is 4.74 Å². The van der Waals surface area contributed by atoms with E-state index in [-0.39, 0.29) is 0 Å². The van der Waals surface area contributed by atoms with Gasteiger partial charge in [-0.3, -0.25) is 0 Å². The first-order valence-corrected chi connectivity index (χ1v) is 6.13. The monoisotopic (exact) mass is 252 g/mol. The number of ether oxygens (including phenoxy) is 1. The van der Waals surface area contributed by atoms with E-state index in [1.807, 2.05) is 6.07 Å². The van der Waals surface area contributed by atoms with Crippen LogP contribution in [0.4, 0.5) is 0 Å². The van der Waals surface area contributed by atoms with Crippen molar-refractivity contribution in [2.45, 2.75) is 31.6 Å². The Bertz CT molecular complexity index is 548. The molecule has 5 nitrogen and oxygen atoms in total. The van der Waals surface area contributed by atoms with E-state index in [1.165, 1.54) is 37.3 Å². The van der Waals surface area contributed by atoms with Crippen molar-refractivity contribution in [1.29, 1.82) is 0 Å². The van der Waals surface area contributed by atoms with Crippen LogP contribution in [0.1, 0.15) is 37.3 Å². The van der Waals surface area contributed by atoms with Crippen molar-refractivity contribution >= 4 is 17.4 Å². The Labute approximate surface area is 104 Å². The van der Waals surface area contributed by atoms with Gasteiger partial charge in [0.25, 0.3) is 5.78 Å². The minimum atomic E-state index is 0.294. The molecule has 0 atom stereocenters. The van der Waals surface area contributed by atoms with Gasteiger partial charge in [0.15, 0.2) is 0 Å². The number of aromatic nitrogens is 4. The van der Waals surface area contributed by atoms with Gasteiger partial charge in [0.1, 0.15) is 5.15 Å². The molecule has 2 aromatic heterocycles. The number of hydrogen-bond donors (Lipinski definition) is 0. The Morgan fingerprint density at radius 3 is 2.82 bits per heavy atom. The predicted octanol–water partition coefficient (Wildman–Crippen LogP) is 2.44. The van der Waals surface area contributed by atoms with Crippen molar-refractivity contribution in [1.82, 2.24) is 19.6 Å². The highest BCUT2D eigenvalue weighted by atomic mass is 35.5. The second-order valence-electron chi connectivity index (χ2n) is 4.30. The lowest BCUT2D eigenvalue weighted by Gasteiger charge is -2.08. The molecular formula is C11H13ClN4O. The summed E-state index contributed by atoms with van der Waals surface area (Å²) in [7, 11) is 1.53. The third-order valence-electron chi connectivity index (χ3n) is 3.23. The lowest BCUT2D eigenvalue weighted by atomic mass is 10.0.